The van der Waals surface area contributed by atoms with Gasteiger partial charge in [0.2, 0.25) is 0 Å². The van der Waals surface area contributed by atoms with E-state index in [-0.39, 0.29) is 6.04 Å². The maximum Gasteiger partial charge on any atom is 0.119 e. The van der Waals surface area contributed by atoms with Crippen LogP contribution in [0.5, 0.6) is 5.75 Å². The number of nitrogens with two attached hydrogens (primary N) is 1. The summed E-state index contributed by atoms with van der Waals surface area (Å²) in [5.74, 6) is 0.887. The number of hydrogen-bond donors (Lipinski definition) is 1. The van der Waals surface area contributed by atoms with Gasteiger partial charge in [0.1, 0.15) is 5.75 Å². The Morgan fingerprint density at radius 3 is 2.40 bits per heavy atom. The second kappa shape index (κ2) is 7.25. The molecule has 2 aromatic rings. The Morgan fingerprint density at radius 2 is 1.80 bits per heavy atom. The summed E-state index contributed by atoms with van der Waals surface area (Å²) in [7, 11) is 0. The Bertz CT molecular complexity index is 569. The van der Waals surface area contributed by atoms with Crippen LogP contribution in [0.15, 0.2) is 51.4 Å². The van der Waals surface area contributed by atoms with Crippen LogP contribution < -0.4 is 10.5 Å². The molecule has 20 heavy (non-hydrogen) atoms. The molecular formula is C16H17Br2NO. The molecule has 0 radical (unpaired) electrons. The topological polar surface area (TPSA) is 35.2 Å². The minimum Gasteiger partial charge on any atom is -0.494 e. The van der Waals surface area contributed by atoms with Crippen molar-refractivity contribution in [1.82, 2.24) is 0 Å². The van der Waals surface area contributed by atoms with Crippen molar-refractivity contribution in [3.05, 3.63) is 62.5 Å². The molecule has 0 bridgehead atoms. The molecule has 2 nitrogen and oxygen atoms in total. The van der Waals surface area contributed by atoms with Crippen LogP contribution in [-0.2, 0) is 0 Å². The second-order valence-corrected chi connectivity index (χ2v) is 6.33. The number of ether oxygens (including phenoxy) is 1. The minimum absolute atomic E-state index is 0.155. The summed E-state index contributed by atoms with van der Waals surface area (Å²) in [5.41, 5.74) is 8.46. The van der Waals surface area contributed by atoms with Gasteiger partial charge in [-0.15, -0.1) is 0 Å². The average Bonchev–Trinajstić information content (AvgIpc) is 2.45. The van der Waals surface area contributed by atoms with Gasteiger partial charge in [0.25, 0.3) is 0 Å². The Labute approximate surface area is 136 Å². The lowest BCUT2D eigenvalue weighted by atomic mass is 10.00. The third-order valence-corrected chi connectivity index (χ3v) is 4.19. The van der Waals surface area contributed by atoms with E-state index in [0.717, 1.165) is 38.8 Å². The lowest BCUT2D eigenvalue weighted by molar-refractivity contribution is 0.317. The summed E-state index contributed by atoms with van der Waals surface area (Å²) in [5, 5.41) is 0. The molecule has 0 aliphatic carbocycles. The third-order valence-electron chi connectivity index (χ3n) is 3.01. The van der Waals surface area contributed by atoms with E-state index in [0.29, 0.717) is 0 Å². The lowest BCUT2D eigenvalue weighted by Gasteiger charge is -2.15. The first-order chi connectivity index (χ1) is 9.61. The van der Waals surface area contributed by atoms with E-state index < -0.39 is 0 Å². The van der Waals surface area contributed by atoms with Gasteiger partial charge in [-0.05, 0) is 41.8 Å². The molecule has 0 saturated carbocycles. The van der Waals surface area contributed by atoms with Gasteiger partial charge in [-0.25, -0.2) is 0 Å². The molecule has 2 aromatic carbocycles. The Hall–Kier alpha value is -0.840. The fraction of sp³-hybridized carbons (Fsp3) is 0.250. The summed E-state index contributed by atoms with van der Waals surface area (Å²) in [6.45, 7) is 2.83. The van der Waals surface area contributed by atoms with E-state index in [1.807, 2.05) is 42.5 Å². The highest BCUT2D eigenvalue weighted by Gasteiger charge is 2.12. The van der Waals surface area contributed by atoms with Crippen LogP contribution in [0.2, 0.25) is 0 Å². The van der Waals surface area contributed by atoms with Crippen molar-refractivity contribution in [2.24, 2.45) is 5.73 Å². The van der Waals surface area contributed by atoms with E-state index in [1.54, 1.807) is 0 Å². The van der Waals surface area contributed by atoms with Crippen molar-refractivity contribution >= 4 is 31.9 Å². The van der Waals surface area contributed by atoms with E-state index in [4.69, 9.17) is 10.5 Å². The van der Waals surface area contributed by atoms with Gasteiger partial charge in [0.15, 0.2) is 0 Å². The Kier molecular flexibility index (Phi) is 5.64. The molecule has 4 heteroatoms. The van der Waals surface area contributed by atoms with Crippen LogP contribution in [0.4, 0.5) is 0 Å². The molecule has 0 heterocycles. The smallest absolute Gasteiger partial charge is 0.119 e. The molecule has 0 aliphatic heterocycles. The predicted octanol–water partition coefficient (Wildman–Crippen LogP) is 5.05. The predicted molar refractivity (Wildman–Crippen MR) is 90.1 cm³/mol. The van der Waals surface area contributed by atoms with Crippen molar-refractivity contribution in [3.8, 4) is 5.75 Å². The largest absolute Gasteiger partial charge is 0.494 e. The van der Waals surface area contributed by atoms with Crippen LogP contribution in [0.1, 0.15) is 30.5 Å². The molecule has 2 rings (SSSR count). The van der Waals surface area contributed by atoms with Crippen LogP contribution in [0, 0.1) is 0 Å². The monoisotopic (exact) mass is 397 g/mol. The standard InChI is InChI=1S/C16H17Br2NO/c1-2-9-20-13-6-3-11(4-7-13)16(19)14-8-5-12(17)10-15(14)18/h3-8,10,16H,2,9,19H2,1H3. The zero-order valence-corrected chi connectivity index (χ0v) is 14.4. The Morgan fingerprint density at radius 1 is 1.10 bits per heavy atom. The second-order valence-electron chi connectivity index (χ2n) is 4.56. The first kappa shape index (κ1) is 15.5. The van der Waals surface area contributed by atoms with E-state index in [2.05, 4.69) is 38.8 Å². The van der Waals surface area contributed by atoms with E-state index >= 15 is 0 Å². The molecule has 106 valence electrons. The maximum absolute atomic E-state index is 6.33. The van der Waals surface area contributed by atoms with Gasteiger partial charge in [-0.3, -0.25) is 0 Å². The lowest BCUT2D eigenvalue weighted by Crippen LogP contribution is -2.12. The third kappa shape index (κ3) is 3.84. The van der Waals surface area contributed by atoms with Crippen molar-refractivity contribution in [2.75, 3.05) is 6.61 Å². The molecule has 2 N–H and O–H groups in total. The number of benzene rings is 2. The van der Waals surface area contributed by atoms with Gasteiger partial charge in [-0.2, -0.15) is 0 Å². The summed E-state index contributed by atoms with van der Waals surface area (Å²) in [6, 6.07) is 13.9. The molecule has 1 unspecified atom stereocenters. The zero-order chi connectivity index (χ0) is 14.5. The molecule has 0 aromatic heterocycles. The van der Waals surface area contributed by atoms with Crippen molar-refractivity contribution in [2.45, 2.75) is 19.4 Å². The summed E-state index contributed by atoms with van der Waals surface area (Å²) >= 11 is 7.01. The Balaban J connectivity index is 2.18. The first-order valence-corrected chi connectivity index (χ1v) is 8.13. The van der Waals surface area contributed by atoms with Gasteiger partial charge < -0.3 is 10.5 Å². The van der Waals surface area contributed by atoms with Gasteiger partial charge in [0, 0.05) is 8.95 Å². The quantitative estimate of drug-likeness (QED) is 0.764. The summed E-state index contributed by atoms with van der Waals surface area (Å²) in [4.78, 5) is 0. The number of hydrogen-bond acceptors (Lipinski definition) is 2. The highest BCUT2D eigenvalue weighted by atomic mass is 79.9. The molecule has 0 saturated heterocycles. The zero-order valence-electron chi connectivity index (χ0n) is 11.3. The van der Waals surface area contributed by atoms with Crippen LogP contribution in [0.25, 0.3) is 0 Å². The first-order valence-electron chi connectivity index (χ1n) is 6.55. The number of halogens is 2. The van der Waals surface area contributed by atoms with Gasteiger partial charge in [0.05, 0.1) is 12.6 Å². The molecule has 0 amide bonds. The summed E-state index contributed by atoms with van der Waals surface area (Å²) in [6.07, 6.45) is 1.01. The van der Waals surface area contributed by atoms with Crippen LogP contribution >= 0.6 is 31.9 Å². The van der Waals surface area contributed by atoms with Gasteiger partial charge in [-0.1, -0.05) is 57.0 Å². The summed E-state index contributed by atoms with van der Waals surface area (Å²) < 4.78 is 7.62. The van der Waals surface area contributed by atoms with Crippen molar-refractivity contribution in [3.63, 3.8) is 0 Å². The van der Waals surface area contributed by atoms with Crippen LogP contribution in [-0.4, -0.2) is 6.61 Å². The normalized spacial score (nSPS) is 12.2. The van der Waals surface area contributed by atoms with Crippen molar-refractivity contribution in [1.29, 1.82) is 0 Å². The average molecular weight is 399 g/mol. The number of rotatable bonds is 5. The van der Waals surface area contributed by atoms with Crippen molar-refractivity contribution < 1.29 is 4.74 Å². The fourth-order valence-corrected chi connectivity index (χ4v) is 3.22. The molecule has 0 fully saturated rings. The minimum atomic E-state index is -0.155. The van der Waals surface area contributed by atoms with Gasteiger partial charge >= 0.3 is 0 Å². The maximum atomic E-state index is 6.33. The highest BCUT2D eigenvalue weighted by Crippen LogP contribution is 2.30. The van der Waals surface area contributed by atoms with Crippen LogP contribution in [0.3, 0.4) is 0 Å². The molecule has 0 spiro atoms. The molecular weight excluding hydrogens is 382 g/mol. The molecule has 1 atom stereocenters. The fourth-order valence-electron chi connectivity index (χ4n) is 1.92. The van der Waals surface area contributed by atoms with E-state index in [1.165, 1.54) is 0 Å². The SMILES string of the molecule is CCCOc1ccc(C(N)c2ccc(Br)cc2Br)cc1. The molecule has 0 aliphatic rings. The highest BCUT2D eigenvalue weighted by molar-refractivity contribution is 9.11. The van der Waals surface area contributed by atoms with E-state index in [9.17, 15) is 0 Å².